The van der Waals surface area contributed by atoms with E-state index in [0.717, 1.165) is 18.9 Å². The summed E-state index contributed by atoms with van der Waals surface area (Å²) in [6.45, 7) is 18.6. The highest BCUT2D eigenvalue weighted by Gasteiger charge is 2.52. The predicted molar refractivity (Wildman–Crippen MR) is 202 cm³/mol. The predicted octanol–water partition coefficient (Wildman–Crippen LogP) is 7.88. The van der Waals surface area contributed by atoms with Crippen LogP contribution in [-0.4, -0.2) is 88.5 Å². The average molecular weight is 797 g/mol. The van der Waals surface area contributed by atoms with Crippen molar-refractivity contribution in [2.45, 2.75) is 128 Å². The number of hydrogen-bond donors (Lipinski definition) is 0. The summed E-state index contributed by atoms with van der Waals surface area (Å²) in [5.74, 6) is -2.05. The fraction of sp³-hybridized carbons (Fsp3) is 0.649. The van der Waals surface area contributed by atoms with Gasteiger partial charge in [0.1, 0.15) is 47.7 Å². The maximum absolute atomic E-state index is 15.1. The Morgan fingerprint density at radius 2 is 1.74 bits per heavy atom. The van der Waals surface area contributed by atoms with Crippen LogP contribution in [-0.2, 0) is 47.9 Å². The Morgan fingerprint density at radius 1 is 1.06 bits per heavy atom. The van der Waals surface area contributed by atoms with E-state index >= 15 is 8.78 Å². The van der Waals surface area contributed by atoms with Gasteiger partial charge in [0.2, 0.25) is 5.88 Å². The average Bonchev–Trinajstić information content (AvgIpc) is 3.75. The van der Waals surface area contributed by atoms with Crippen LogP contribution in [0.4, 0.5) is 8.78 Å². The van der Waals surface area contributed by atoms with Gasteiger partial charge < -0.3 is 32.8 Å². The summed E-state index contributed by atoms with van der Waals surface area (Å²) in [5.41, 5.74) is 0.832. The van der Waals surface area contributed by atoms with Gasteiger partial charge in [-0.3, -0.25) is 9.36 Å². The van der Waals surface area contributed by atoms with Gasteiger partial charge >= 0.3 is 12.0 Å². The second-order valence-electron chi connectivity index (χ2n) is 15.5. The van der Waals surface area contributed by atoms with Gasteiger partial charge in [-0.05, 0) is 60.8 Å². The van der Waals surface area contributed by atoms with Gasteiger partial charge in [0.25, 0.3) is 0 Å². The highest BCUT2D eigenvalue weighted by Crippen LogP contribution is 2.41. The first-order valence-corrected chi connectivity index (χ1v) is 24.3. The van der Waals surface area contributed by atoms with E-state index in [4.69, 9.17) is 49.4 Å². The molecule has 0 bridgehead atoms. The second-order valence-corrected chi connectivity index (χ2v) is 23.6. The molecule has 3 aromatic rings. The van der Waals surface area contributed by atoms with Crippen LogP contribution in [0.2, 0.25) is 42.3 Å². The van der Waals surface area contributed by atoms with Gasteiger partial charge in [0.15, 0.2) is 20.1 Å². The molecule has 16 heteroatoms. The molecule has 293 valence electrons. The Bertz CT molecular complexity index is 1700. The van der Waals surface area contributed by atoms with Crippen LogP contribution in [0, 0.1) is 11.6 Å². The summed E-state index contributed by atoms with van der Waals surface area (Å²) in [5, 5.41) is 0.143. The summed E-state index contributed by atoms with van der Waals surface area (Å²) in [6.07, 6.45) is 0.552. The summed E-state index contributed by atoms with van der Waals surface area (Å²) in [4.78, 5) is 21.3. The minimum absolute atomic E-state index is 0.0220. The largest absolute Gasteiger partial charge is 0.471 e. The lowest BCUT2D eigenvalue weighted by Crippen LogP contribution is -2.47. The maximum Gasteiger partial charge on any atom is 0.306 e. The number of carbonyl (C=O) groups excluding carboxylic acids is 1. The van der Waals surface area contributed by atoms with Crippen molar-refractivity contribution in [3.05, 3.63) is 46.0 Å². The van der Waals surface area contributed by atoms with E-state index in [1.54, 1.807) is 10.6 Å². The molecular formula is C37H53ClF2N3O8Si2. The van der Waals surface area contributed by atoms with Crippen molar-refractivity contribution in [3.8, 4) is 11.9 Å². The number of halogens is 3. The van der Waals surface area contributed by atoms with Crippen LogP contribution >= 0.6 is 11.6 Å². The molecule has 1 aromatic carbocycles. The van der Waals surface area contributed by atoms with E-state index in [1.165, 1.54) is 12.1 Å². The lowest BCUT2D eigenvalue weighted by Gasteiger charge is -2.39. The van der Waals surface area contributed by atoms with Crippen molar-refractivity contribution in [2.75, 3.05) is 26.4 Å². The molecule has 0 amide bonds. The molecule has 0 N–H and O–H groups in total. The number of imidazole rings is 1. The fourth-order valence-electron chi connectivity index (χ4n) is 5.78. The van der Waals surface area contributed by atoms with Gasteiger partial charge in [0.05, 0.1) is 31.5 Å². The van der Waals surface area contributed by atoms with Crippen LogP contribution in [0.15, 0.2) is 18.2 Å². The van der Waals surface area contributed by atoms with Gasteiger partial charge in [-0.2, -0.15) is 9.97 Å². The Hall–Kier alpha value is -2.67. The van der Waals surface area contributed by atoms with Crippen LogP contribution in [0.5, 0.6) is 11.9 Å². The first kappa shape index (κ1) is 41.5. The van der Waals surface area contributed by atoms with Crippen LogP contribution in [0.25, 0.3) is 11.2 Å². The van der Waals surface area contributed by atoms with E-state index in [1.807, 2.05) is 6.92 Å². The molecular weight excluding hydrogens is 744 g/mol. The Balaban J connectivity index is 1.31. The SMILES string of the molecule is CCCCOC(=O)CCc1cc(F)c(COc2nc3c(cc2Cl)nc(O[C@@H]2CO[C@H]4[C@@H]2OC[C@H]4O[Si](C)(C)C(C)(C)C)n3COCC[Si](C)C)c(F)c1. The highest BCUT2D eigenvalue weighted by molar-refractivity contribution is 6.74. The molecule has 11 nitrogen and oxygen atoms in total. The Kier molecular flexibility index (Phi) is 14.0. The van der Waals surface area contributed by atoms with Gasteiger partial charge in [-0.1, -0.05) is 58.8 Å². The number of nitrogens with zero attached hydrogens (tertiary/aromatic N) is 3. The van der Waals surface area contributed by atoms with Crippen molar-refractivity contribution < 1.29 is 46.4 Å². The lowest BCUT2D eigenvalue weighted by atomic mass is 10.1. The third-order valence-electron chi connectivity index (χ3n) is 9.98. The van der Waals surface area contributed by atoms with Crippen molar-refractivity contribution in [2.24, 2.45) is 0 Å². The van der Waals surface area contributed by atoms with E-state index < -0.39 is 47.4 Å². The zero-order valence-electron chi connectivity index (χ0n) is 32.1. The number of hydrogen-bond acceptors (Lipinski definition) is 10. The van der Waals surface area contributed by atoms with Gasteiger partial charge in [-0.15, -0.1) is 0 Å². The number of fused-ring (bicyclic) bond motifs is 2. The summed E-state index contributed by atoms with van der Waals surface area (Å²) in [7, 11) is -2.57. The zero-order chi connectivity index (χ0) is 38.5. The van der Waals surface area contributed by atoms with E-state index in [2.05, 4.69) is 51.9 Å². The molecule has 5 rings (SSSR count). The third kappa shape index (κ3) is 10.4. The molecule has 0 saturated carbocycles. The number of rotatable bonds is 18. The molecule has 0 unspecified atom stereocenters. The van der Waals surface area contributed by atoms with Gasteiger partial charge in [0, 0.05) is 21.8 Å². The summed E-state index contributed by atoms with van der Waals surface area (Å²) >= 11 is 6.57. The number of aryl methyl sites for hydroxylation is 1. The molecule has 2 aromatic heterocycles. The molecule has 2 fully saturated rings. The molecule has 53 heavy (non-hydrogen) atoms. The standard InChI is InChI=1S/C37H53ClF2N3O8Si2/c1-9-10-13-46-31(44)12-11-23-16-26(39)24(27(40)17-23)19-49-35-25(38)18-28-34(42-35)43(22-45-14-15-52(5)6)36(41-28)50-29-20-47-33-30(21-48-32(29)33)51-53(7,8)37(2,3)4/h16-18,29-30,32-33H,9-15,19-22H2,1-8H3/t29-,30-,32-,33-/m1/s1. The zero-order valence-corrected chi connectivity index (χ0v) is 34.8. The van der Waals surface area contributed by atoms with Crippen LogP contribution in [0.3, 0.4) is 0 Å². The number of esters is 1. The maximum atomic E-state index is 15.1. The smallest absolute Gasteiger partial charge is 0.306 e. The van der Waals surface area contributed by atoms with Crippen molar-refractivity contribution in [1.29, 1.82) is 0 Å². The minimum atomic E-state index is -2.07. The summed E-state index contributed by atoms with van der Waals surface area (Å²) in [6, 6.07) is 5.15. The molecule has 4 heterocycles. The highest BCUT2D eigenvalue weighted by atomic mass is 35.5. The van der Waals surface area contributed by atoms with E-state index in [9.17, 15) is 4.79 Å². The molecule has 4 atom stereocenters. The van der Waals surface area contributed by atoms with Crippen molar-refractivity contribution >= 4 is 45.8 Å². The summed E-state index contributed by atoms with van der Waals surface area (Å²) < 4.78 is 74.4. The first-order chi connectivity index (χ1) is 25.1. The molecule has 2 aliphatic heterocycles. The normalized spacial score (nSPS) is 20.4. The molecule has 0 spiro atoms. The minimum Gasteiger partial charge on any atom is -0.471 e. The van der Waals surface area contributed by atoms with Crippen LogP contribution < -0.4 is 9.47 Å². The third-order valence-corrected chi connectivity index (χ3v) is 16.0. The monoisotopic (exact) mass is 796 g/mol. The van der Waals surface area contributed by atoms with Crippen molar-refractivity contribution in [1.82, 2.24) is 14.5 Å². The number of ether oxygens (including phenoxy) is 6. The number of benzene rings is 1. The number of pyridine rings is 1. The number of carbonyl (C=O) groups is 1. The quantitative estimate of drug-likeness (QED) is 0.0716. The molecule has 0 aliphatic carbocycles. The molecule has 2 aliphatic rings. The molecule has 2 saturated heterocycles. The van der Waals surface area contributed by atoms with Crippen molar-refractivity contribution in [3.63, 3.8) is 0 Å². The topological polar surface area (TPSA) is 112 Å². The number of unbranched alkanes of at least 4 members (excludes halogenated alkanes) is 1. The fourth-order valence-corrected chi connectivity index (χ4v) is 7.84. The first-order valence-electron chi connectivity index (χ1n) is 18.3. The van der Waals surface area contributed by atoms with E-state index in [-0.39, 0.29) is 72.0 Å². The molecule has 1 radical (unpaired) electrons. The van der Waals surface area contributed by atoms with E-state index in [0.29, 0.717) is 36.5 Å². The number of aromatic nitrogens is 3. The Morgan fingerprint density at radius 3 is 2.40 bits per heavy atom. The lowest BCUT2D eigenvalue weighted by molar-refractivity contribution is -0.143. The second kappa shape index (κ2) is 17.9. The Labute approximate surface area is 318 Å². The van der Waals surface area contributed by atoms with Crippen LogP contribution in [0.1, 0.15) is 58.1 Å². The van der Waals surface area contributed by atoms with Gasteiger partial charge in [-0.25, -0.2) is 8.78 Å².